The van der Waals surface area contributed by atoms with E-state index in [9.17, 15) is 0 Å². The predicted molar refractivity (Wildman–Crippen MR) is 81.1 cm³/mol. The number of hydrogen-bond donors (Lipinski definition) is 2. The summed E-state index contributed by atoms with van der Waals surface area (Å²) in [4.78, 5) is 0. The van der Waals surface area contributed by atoms with Gasteiger partial charge in [0.25, 0.3) is 0 Å². The Morgan fingerprint density at radius 3 is 2.53 bits per heavy atom. The van der Waals surface area contributed by atoms with Gasteiger partial charge in [-0.05, 0) is 38.0 Å². The molecular formula is C12H18Cl2N2S. The Kier molecular flexibility index (Phi) is 9.46. The van der Waals surface area contributed by atoms with Crippen LogP contribution in [0.15, 0.2) is 45.5 Å². The van der Waals surface area contributed by atoms with Crippen molar-refractivity contribution in [3.05, 3.63) is 45.5 Å². The summed E-state index contributed by atoms with van der Waals surface area (Å²) < 4.78 is 0. The molecule has 0 aliphatic carbocycles. The molecular weight excluding hydrogens is 275 g/mol. The molecule has 0 bridgehead atoms. The molecule has 3 N–H and O–H groups in total. The first-order valence-corrected chi connectivity index (χ1v) is 6.89. The predicted octanol–water partition coefficient (Wildman–Crippen LogP) is 3.91. The molecule has 0 radical (unpaired) electrons. The van der Waals surface area contributed by atoms with E-state index >= 15 is 0 Å². The number of hydrogen-bond acceptors (Lipinski definition) is 3. The number of rotatable bonds is 6. The molecule has 1 atom stereocenters. The molecule has 0 aromatic heterocycles. The first kappa shape index (κ1) is 16.6. The highest BCUT2D eigenvalue weighted by atomic mass is 35.5. The minimum atomic E-state index is 0.321. The van der Waals surface area contributed by atoms with Gasteiger partial charge in [0.15, 0.2) is 0 Å². The van der Waals surface area contributed by atoms with Crippen LogP contribution in [0, 0.1) is 0 Å². The lowest BCUT2D eigenvalue weighted by Crippen LogP contribution is -2.16. The first-order valence-electron chi connectivity index (χ1n) is 5.14. The molecule has 0 aromatic carbocycles. The Labute approximate surface area is 118 Å². The van der Waals surface area contributed by atoms with Crippen LogP contribution in [-0.2, 0) is 0 Å². The Bertz CT molecular complexity index is 346. The molecule has 2 nitrogen and oxygen atoms in total. The lowest BCUT2D eigenvalue weighted by molar-refractivity contribution is 0.809. The van der Waals surface area contributed by atoms with E-state index in [0.717, 1.165) is 5.57 Å². The Morgan fingerprint density at radius 1 is 1.41 bits per heavy atom. The van der Waals surface area contributed by atoms with Gasteiger partial charge in [0.1, 0.15) is 0 Å². The van der Waals surface area contributed by atoms with Crippen molar-refractivity contribution in [3.63, 3.8) is 0 Å². The van der Waals surface area contributed by atoms with Gasteiger partial charge in [0.2, 0.25) is 0 Å². The number of nitrogens with two attached hydrogens (primary N) is 1. The normalized spacial score (nSPS) is 16.6. The molecule has 0 aliphatic heterocycles. The third-order valence-corrected chi connectivity index (χ3v) is 3.59. The van der Waals surface area contributed by atoms with Crippen molar-refractivity contribution < 1.29 is 0 Å². The van der Waals surface area contributed by atoms with Gasteiger partial charge in [-0.2, -0.15) is 0 Å². The molecule has 0 aliphatic rings. The van der Waals surface area contributed by atoms with Crippen LogP contribution in [0.1, 0.15) is 13.8 Å². The zero-order chi connectivity index (χ0) is 13.3. The van der Waals surface area contributed by atoms with Crippen LogP contribution in [0.5, 0.6) is 0 Å². The van der Waals surface area contributed by atoms with E-state index < -0.39 is 0 Å². The lowest BCUT2D eigenvalue weighted by atomic mass is 10.2. The Hall–Kier alpha value is -0.350. The molecule has 1 unspecified atom stereocenters. The van der Waals surface area contributed by atoms with E-state index in [0.29, 0.717) is 16.1 Å². The minimum Gasteiger partial charge on any atom is -0.398 e. The summed E-state index contributed by atoms with van der Waals surface area (Å²) in [5, 5.41) is 5.82. The van der Waals surface area contributed by atoms with Gasteiger partial charge in [-0.15, -0.1) is 11.8 Å². The van der Waals surface area contributed by atoms with Gasteiger partial charge < -0.3 is 11.1 Å². The van der Waals surface area contributed by atoms with Crippen LogP contribution in [-0.4, -0.2) is 12.4 Å². The van der Waals surface area contributed by atoms with Gasteiger partial charge in [0, 0.05) is 11.2 Å². The van der Waals surface area contributed by atoms with Crippen LogP contribution in [0.3, 0.4) is 0 Å². The lowest BCUT2D eigenvalue weighted by Gasteiger charge is -2.07. The molecule has 0 saturated carbocycles. The Morgan fingerprint density at radius 2 is 2.06 bits per heavy atom. The zero-order valence-corrected chi connectivity index (χ0v) is 12.5. The Balaban J connectivity index is 4.63. The van der Waals surface area contributed by atoms with Gasteiger partial charge in [-0.3, -0.25) is 0 Å². The van der Waals surface area contributed by atoms with Crippen LogP contribution < -0.4 is 11.1 Å². The second-order valence-electron chi connectivity index (χ2n) is 3.21. The molecule has 0 heterocycles. The quantitative estimate of drug-likeness (QED) is 0.576. The SMILES string of the molecule is C/C=C(\C=C/C(Cl)=C/Cl)C(/N)=C/SC(C)NC. The largest absolute Gasteiger partial charge is 0.398 e. The number of nitrogens with one attached hydrogen (secondary N) is 1. The first-order chi connectivity index (χ1) is 8.04. The molecule has 0 aromatic rings. The highest BCUT2D eigenvalue weighted by Crippen LogP contribution is 2.16. The van der Waals surface area contributed by atoms with Gasteiger partial charge >= 0.3 is 0 Å². The third kappa shape index (κ3) is 7.55. The topological polar surface area (TPSA) is 38.0 Å². The van der Waals surface area contributed by atoms with Crippen molar-refractivity contribution >= 4 is 35.0 Å². The second kappa shape index (κ2) is 9.66. The fourth-order valence-corrected chi connectivity index (χ4v) is 1.63. The fourth-order valence-electron chi connectivity index (χ4n) is 0.876. The van der Waals surface area contributed by atoms with E-state index in [2.05, 4.69) is 12.2 Å². The van der Waals surface area contributed by atoms with Gasteiger partial charge in [-0.25, -0.2) is 0 Å². The zero-order valence-electron chi connectivity index (χ0n) is 10.2. The maximum Gasteiger partial charge on any atom is 0.0543 e. The van der Waals surface area contributed by atoms with E-state index in [4.69, 9.17) is 28.9 Å². The molecule has 0 saturated heterocycles. The van der Waals surface area contributed by atoms with Crippen molar-refractivity contribution in [1.82, 2.24) is 5.32 Å². The minimum absolute atomic E-state index is 0.321. The van der Waals surface area contributed by atoms with Crippen LogP contribution in [0.4, 0.5) is 0 Å². The molecule has 5 heteroatoms. The van der Waals surface area contributed by atoms with Crippen LogP contribution in [0.25, 0.3) is 0 Å². The molecule has 0 fully saturated rings. The standard InChI is InChI=1S/C12H18Cl2N2S/c1-4-10(5-6-11(14)7-13)12(15)8-17-9(2)16-3/h4-9,16H,15H2,1-3H3/b6-5-,10-4+,11-7-,12-8-. The maximum absolute atomic E-state index is 5.96. The smallest absolute Gasteiger partial charge is 0.0543 e. The van der Waals surface area contributed by atoms with Crippen molar-refractivity contribution in [2.45, 2.75) is 19.2 Å². The van der Waals surface area contributed by atoms with E-state index in [-0.39, 0.29) is 0 Å². The van der Waals surface area contributed by atoms with Crippen LogP contribution in [0.2, 0.25) is 0 Å². The van der Waals surface area contributed by atoms with E-state index in [1.54, 1.807) is 17.8 Å². The van der Waals surface area contributed by atoms with Gasteiger partial charge in [-0.1, -0.05) is 35.4 Å². The highest BCUT2D eigenvalue weighted by molar-refractivity contribution is 8.02. The number of thioether (sulfide) groups is 1. The summed E-state index contributed by atoms with van der Waals surface area (Å²) in [7, 11) is 1.91. The van der Waals surface area contributed by atoms with E-state index in [1.807, 2.05) is 31.5 Å². The number of halogens is 2. The van der Waals surface area contributed by atoms with Crippen molar-refractivity contribution in [2.24, 2.45) is 5.73 Å². The van der Waals surface area contributed by atoms with Crippen molar-refractivity contribution in [1.29, 1.82) is 0 Å². The average molecular weight is 293 g/mol. The molecule has 17 heavy (non-hydrogen) atoms. The summed E-state index contributed by atoms with van der Waals surface area (Å²) in [6.45, 7) is 3.98. The molecule has 0 spiro atoms. The second-order valence-corrected chi connectivity index (χ2v) is 5.08. The summed E-state index contributed by atoms with van der Waals surface area (Å²) in [5.74, 6) is 0. The summed E-state index contributed by atoms with van der Waals surface area (Å²) in [6.07, 6.45) is 5.46. The highest BCUT2D eigenvalue weighted by Gasteiger charge is 1.99. The maximum atomic E-state index is 5.96. The van der Waals surface area contributed by atoms with Crippen LogP contribution >= 0.6 is 35.0 Å². The van der Waals surface area contributed by atoms with Crippen molar-refractivity contribution in [2.75, 3.05) is 7.05 Å². The number of allylic oxidation sites excluding steroid dienone is 4. The monoisotopic (exact) mass is 292 g/mol. The summed E-state index contributed by atoms with van der Waals surface area (Å²) in [6, 6.07) is 0. The van der Waals surface area contributed by atoms with Gasteiger partial charge in [0.05, 0.1) is 10.4 Å². The fraction of sp³-hybridized carbons (Fsp3) is 0.333. The molecule has 0 amide bonds. The molecule has 0 rings (SSSR count). The molecule has 96 valence electrons. The average Bonchev–Trinajstić information content (AvgIpc) is 2.35. The summed E-state index contributed by atoms with van der Waals surface area (Å²) in [5.41, 5.74) is 8.88. The third-order valence-electron chi connectivity index (χ3n) is 1.98. The van der Waals surface area contributed by atoms with Crippen molar-refractivity contribution in [3.8, 4) is 0 Å². The van der Waals surface area contributed by atoms with E-state index in [1.165, 1.54) is 5.54 Å². The summed E-state index contributed by atoms with van der Waals surface area (Å²) >= 11 is 12.8.